The fourth-order valence-electron chi connectivity index (χ4n) is 1.86. The average Bonchev–Trinajstić information content (AvgIpc) is 2.43. The molecule has 4 N–H and O–H groups in total. The van der Waals surface area contributed by atoms with Gasteiger partial charge in [0.2, 0.25) is 15.9 Å². The van der Waals surface area contributed by atoms with Crippen LogP contribution in [0.5, 0.6) is 0 Å². The van der Waals surface area contributed by atoms with Crippen LogP contribution in [0.2, 0.25) is 0 Å². The van der Waals surface area contributed by atoms with Crippen molar-refractivity contribution in [2.24, 2.45) is 5.14 Å². The van der Waals surface area contributed by atoms with Gasteiger partial charge in [-0.25, -0.2) is 18.4 Å². The summed E-state index contributed by atoms with van der Waals surface area (Å²) in [6.45, 7) is 3.35. The van der Waals surface area contributed by atoms with Gasteiger partial charge >= 0.3 is 12.1 Å². The highest BCUT2D eigenvalue weighted by Gasteiger charge is 2.26. The Hall–Kier alpha value is -2.66. The second-order valence-electron chi connectivity index (χ2n) is 6.32. The smallest absolute Gasteiger partial charge is 0.411 e. The lowest BCUT2D eigenvalue weighted by Crippen LogP contribution is -2.43. The molecule has 0 aliphatic rings. The van der Waals surface area contributed by atoms with Gasteiger partial charge in [0.1, 0.15) is 23.6 Å². The van der Waals surface area contributed by atoms with Crippen molar-refractivity contribution in [3.05, 3.63) is 24.3 Å². The second-order valence-corrected chi connectivity index (χ2v) is 7.85. The highest BCUT2D eigenvalue weighted by molar-refractivity contribution is 7.89. The number of para-hydroxylation sites is 1. The number of primary sulfonamides is 1. The maximum Gasteiger partial charge on any atom is 0.411 e. The molecule has 11 heteroatoms. The normalized spacial score (nSPS) is 11.5. The highest BCUT2D eigenvalue weighted by Crippen LogP contribution is 2.19. The van der Waals surface area contributed by atoms with Gasteiger partial charge in [-0.1, -0.05) is 12.1 Å². The molecule has 0 atom stereocenters. The number of carboxylic acid groups (broad SMARTS) is 1. The van der Waals surface area contributed by atoms with Crippen LogP contribution in [0.4, 0.5) is 10.5 Å². The van der Waals surface area contributed by atoms with E-state index < -0.39 is 46.7 Å². The number of benzene rings is 1. The monoisotopic (exact) mass is 387 g/mol. The van der Waals surface area contributed by atoms with Gasteiger partial charge in [-0.15, -0.1) is 0 Å². The maximum atomic E-state index is 12.2. The molecule has 0 bridgehead atoms. The number of rotatable bonds is 6. The number of anilines is 1. The molecule has 2 amide bonds. The number of carbonyl (C=O) groups excluding carboxylic acids is 2. The minimum atomic E-state index is -4.08. The fraction of sp³-hybridized carbons (Fsp3) is 0.400. The number of ether oxygens (including phenoxy) is 1. The van der Waals surface area contributed by atoms with Gasteiger partial charge in [-0.3, -0.25) is 14.5 Å². The first-order valence-corrected chi connectivity index (χ1v) is 8.95. The lowest BCUT2D eigenvalue weighted by Gasteiger charge is -2.26. The van der Waals surface area contributed by atoms with Crippen LogP contribution >= 0.6 is 0 Å². The molecule has 26 heavy (non-hydrogen) atoms. The lowest BCUT2D eigenvalue weighted by molar-refractivity contribution is -0.138. The van der Waals surface area contributed by atoms with Crippen LogP contribution in [-0.4, -0.2) is 55.1 Å². The Morgan fingerprint density at radius 2 is 1.77 bits per heavy atom. The molecule has 0 saturated carbocycles. The summed E-state index contributed by atoms with van der Waals surface area (Å²) in [4.78, 5) is 35.5. The summed E-state index contributed by atoms with van der Waals surface area (Å²) in [6, 6.07) is 5.42. The molecule has 144 valence electrons. The number of hydrogen-bond donors (Lipinski definition) is 3. The van der Waals surface area contributed by atoms with Crippen LogP contribution in [-0.2, 0) is 24.3 Å². The first-order valence-electron chi connectivity index (χ1n) is 7.41. The molecule has 1 rings (SSSR count). The third-order valence-corrected chi connectivity index (χ3v) is 3.75. The van der Waals surface area contributed by atoms with Crippen LogP contribution in [0.1, 0.15) is 20.8 Å². The summed E-state index contributed by atoms with van der Waals surface area (Å²) in [6.07, 6.45) is -0.991. The number of amides is 2. The van der Waals surface area contributed by atoms with Gasteiger partial charge in [-0.05, 0) is 32.9 Å². The molecule has 0 aliphatic heterocycles. The largest absolute Gasteiger partial charge is 0.480 e. The predicted octanol–water partition coefficient (Wildman–Crippen LogP) is 0.594. The lowest BCUT2D eigenvalue weighted by atomic mass is 10.2. The van der Waals surface area contributed by atoms with Crippen LogP contribution < -0.4 is 10.5 Å². The Labute approximate surface area is 151 Å². The van der Waals surface area contributed by atoms with E-state index in [0.717, 1.165) is 0 Å². The molecule has 0 aliphatic carbocycles. The standard InChI is InChI=1S/C15H21N3O7S/c1-15(2,3)25-14(22)18(9-13(20)21)8-12(19)17-10-6-4-5-7-11(10)26(16,23)24/h4-7H,8-9H2,1-3H3,(H,17,19)(H,20,21)(H2,16,23,24). The van der Waals surface area contributed by atoms with Crippen molar-refractivity contribution in [2.45, 2.75) is 31.3 Å². The molecule has 0 aromatic heterocycles. The Balaban J connectivity index is 2.95. The number of sulfonamides is 1. The van der Waals surface area contributed by atoms with Crippen LogP contribution in [0, 0.1) is 0 Å². The average molecular weight is 387 g/mol. The Morgan fingerprint density at radius 1 is 1.19 bits per heavy atom. The second kappa shape index (κ2) is 8.15. The molecule has 0 fully saturated rings. The zero-order valence-corrected chi connectivity index (χ0v) is 15.4. The number of nitrogens with zero attached hydrogens (tertiary/aromatic N) is 1. The zero-order valence-electron chi connectivity index (χ0n) is 14.6. The van der Waals surface area contributed by atoms with Gasteiger partial charge in [0, 0.05) is 0 Å². The topological polar surface area (TPSA) is 156 Å². The third-order valence-electron chi connectivity index (χ3n) is 2.78. The van der Waals surface area contributed by atoms with Crippen LogP contribution in [0.15, 0.2) is 29.2 Å². The Kier molecular flexibility index (Phi) is 6.70. The van der Waals surface area contributed by atoms with E-state index in [-0.39, 0.29) is 10.6 Å². The summed E-state index contributed by atoms with van der Waals surface area (Å²) in [7, 11) is -4.08. The molecule has 0 saturated heterocycles. The highest BCUT2D eigenvalue weighted by atomic mass is 32.2. The molecule has 0 radical (unpaired) electrons. The van der Waals surface area contributed by atoms with Crippen molar-refractivity contribution < 1.29 is 32.6 Å². The van der Waals surface area contributed by atoms with E-state index in [4.69, 9.17) is 15.0 Å². The van der Waals surface area contributed by atoms with Crippen LogP contribution in [0.3, 0.4) is 0 Å². The van der Waals surface area contributed by atoms with Gasteiger partial charge in [0.15, 0.2) is 0 Å². The van der Waals surface area contributed by atoms with E-state index >= 15 is 0 Å². The summed E-state index contributed by atoms with van der Waals surface area (Å²) >= 11 is 0. The molecule has 1 aromatic rings. The molecule has 10 nitrogen and oxygen atoms in total. The van der Waals surface area contributed by atoms with Crippen molar-refractivity contribution in [3.63, 3.8) is 0 Å². The number of carboxylic acids is 1. The minimum Gasteiger partial charge on any atom is -0.480 e. The molecule has 0 spiro atoms. The summed E-state index contributed by atoms with van der Waals surface area (Å²) in [5.41, 5.74) is -0.968. The Bertz CT molecular complexity index is 800. The van der Waals surface area contributed by atoms with Crippen LogP contribution in [0.25, 0.3) is 0 Å². The van der Waals surface area contributed by atoms with Gasteiger partial charge in [0.25, 0.3) is 0 Å². The molecule has 1 aromatic carbocycles. The zero-order chi connectivity index (χ0) is 20.1. The van der Waals surface area contributed by atoms with Gasteiger partial charge in [-0.2, -0.15) is 0 Å². The van der Waals surface area contributed by atoms with Crippen molar-refractivity contribution in [3.8, 4) is 0 Å². The van der Waals surface area contributed by atoms with E-state index in [1.807, 2.05) is 0 Å². The van der Waals surface area contributed by atoms with Crippen molar-refractivity contribution in [1.82, 2.24) is 4.90 Å². The Morgan fingerprint density at radius 3 is 2.27 bits per heavy atom. The van der Waals surface area contributed by atoms with E-state index in [1.165, 1.54) is 24.3 Å². The van der Waals surface area contributed by atoms with Gasteiger partial charge in [0.05, 0.1) is 5.69 Å². The first kappa shape index (κ1) is 21.4. The summed E-state index contributed by atoms with van der Waals surface area (Å²) in [5.74, 6) is -2.15. The molecular weight excluding hydrogens is 366 g/mol. The SMILES string of the molecule is CC(C)(C)OC(=O)N(CC(=O)O)CC(=O)Nc1ccccc1S(N)(=O)=O. The number of aliphatic carboxylic acids is 1. The predicted molar refractivity (Wildman–Crippen MR) is 91.9 cm³/mol. The molecule has 0 heterocycles. The maximum absolute atomic E-state index is 12.2. The van der Waals surface area contributed by atoms with Crippen molar-refractivity contribution >= 4 is 33.7 Å². The third kappa shape index (κ3) is 7.07. The molecular formula is C15H21N3O7S. The van der Waals surface area contributed by atoms with E-state index in [0.29, 0.717) is 4.90 Å². The summed E-state index contributed by atoms with van der Waals surface area (Å²) < 4.78 is 28.1. The quantitative estimate of drug-likeness (QED) is 0.645. The first-order chi connectivity index (χ1) is 11.8. The number of nitrogens with two attached hydrogens (primary N) is 1. The number of hydrogen-bond acceptors (Lipinski definition) is 6. The van der Waals surface area contributed by atoms with E-state index in [9.17, 15) is 22.8 Å². The summed E-state index contributed by atoms with van der Waals surface area (Å²) in [5, 5.41) is 16.3. The van der Waals surface area contributed by atoms with Crippen molar-refractivity contribution in [1.29, 1.82) is 0 Å². The molecule has 0 unspecified atom stereocenters. The van der Waals surface area contributed by atoms with Crippen molar-refractivity contribution in [2.75, 3.05) is 18.4 Å². The van der Waals surface area contributed by atoms with E-state index in [2.05, 4.69) is 5.32 Å². The van der Waals surface area contributed by atoms with Gasteiger partial charge < -0.3 is 15.2 Å². The number of carbonyl (C=O) groups is 3. The fourth-order valence-corrected chi connectivity index (χ4v) is 2.55. The minimum absolute atomic E-state index is 0.0838. The van der Waals surface area contributed by atoms with E-state index in [1.54, 1.807) is 20.8 Å². The number of nitrogens with one attached hydrogen (secondary N) is 1.